The van der Waals surface area contributed by atoms with E-state index in [9.17, 15) is 14.3 Å². The SMILES string of the molecule is NC(=O)[C@H]1CC[C@@H](n2c(Nc3c(F)cc(Cl)cc3Cl)nc3cnc(N[C@@H]4CCC[C@H]4O)nc32)CC1. The lowest BCUT2D eigenvalue weighted by Gasteiger charge is -2.29. The van der Waals surface area contributed by atoms with Gasteiger partial charge in [-0.25, -0.2) is 14.4 Å². The van der Waals surface area contributed by atoms with Crippen molar-refractivity contribution in [3.8, 4) is 0 Å². The van der Waals surface area contributed by atoms with E-state index in [1.165, 1.54) is 12.1 Å². The Morgan fingerprint density at radius 2 is 1.91 bits per heavy atom. The molecular formula is C23H26Cl2FN7O2. The summed E-state index contributed by atoms with van der Waals surface area (Å²) in [5, 5.41) is 16.7. The maximum absolute atomic E-state index is 14.7. The first-order chi connectivity index (χ1) is 16.8. The van der Waals surface area contributed by atoms with Gasteiger partial charge in [-0.3, -0.25) is 9.36 Å². The molecule has 0 radical (unpaired) electrons. The van der Waals surface area contributed by atoms with Crippen LogP contribution in [0, 0.1) is 11.7 Å². The average Bonchev–Trinajstić information content (AvgIpc) is 3.38. The summed E-state index contributed by atoms with van der Waals surface area (Å²) in [5.41, 5.74) is 6.66. The third-order valence-corrected chi connectivity index (χ3v) is 7.45. The molecule has 2 aromatic heterocycles. The van der Waals surface area contributed by atoms with Gasteiger partial charge in [-0.1, -0.05) is 23.2 Å². The minimum Gasteiger partial charge on any atom is -0.391 e. The molecule has 2 atom stereocenters. The quantitative estimate of drug-likeness (QED) is 0.373. The maximum Gasteiger partial charge on any atom is 0.225 e. The lowest BCUT2D eigenvalue weighted by atomic mass is 9.85. The number of hydrogen-bond acceptors (Lipinski definition) is 7. The molecule has 2 fully saturated rings. The summed E-state index contributed by atoms with van der Waals surface area (Å²) in [6.07, 6.45) is 6.29. The summed E-state index contributed by atoms with van der Waals surface area (Å²) in [7, 11) is 0. The molecule has 1 amide bonds. The van der Waals surface area contributed by atoms with Gasteiger partial charge in [0.25, 0.3) is 0 Å². The standard InChI is InChI=1S/C23H26Cl2FN7O2/c24-12-8-14(25)19(15(26)9-12)31-23-30-17-10-28-22(29-16-2-1-3-18(16)34)32-21(17)33(23)13-6-4-11(5-7-13)20(27)35/h8-11,13,16,18,34H,1-7H2,(H2,27,35)(H,30,31)(H,28,29,32)/t11-,13+,16-,18-/m1/s1. The second-order valence-electron chi connectivity index (χ2n) is 9.23. The monoisotopic (exact) mass is 521 g/mol. The van der Waals surface area contributed by atoms with Gasteiger partial charge in [0, 0.05) is 17.0 Å². The molecule has 0 bridgehead atoms. The van der Waals surface area contributed by atoms with Crippen LogP contribution in [0.3, 0.4) is 0 Å². The summed E-state index contributed by atoms with van der Waals surface area (Å²) < 4.78 is 16.6. The van der Waals surface area contributed by atoms with E-state index in [4.69, 9.17) is 33.9 Å². The first-order valence-electron chi connectivity index (χ1n) is 11.7. The molecule has 2 saturated carbocycles. The first-order valence-corrected chi connectivity index (χ1v) is 12.5. The van der Waals surface area contributed by atoms with Crippen molar-refractivity contribution in [1.82, 2.24) is 19.5 Å². The number of halogens is 3. The van der Waals surface area contributed by atoms with Gasteiger partial charge in [0.2, 0.25) is 17.8 Å². The highest BCUT2D eigenvalue weighted by Crippen LogP contribution is 2.38. The Hall–Kier alpha value is -2.69. The van der Waals surface area contributed by atoms with E-state index in [-0.39, 0.29) is 39.6 Å². The zero-order valence-corrected chi connectivity index (χ0v) is 20.4. The largest absolute Gasteiger partial charge is 0.391 e. The number of rotatable bonds is 6. The molecular weight excluding hydrogens is 496 g/mol. The second-order valence-corrected chi connectivity index (χ2v) is 10.1. The number of nitrogens with two attached hydrogens (primary N) is 1. The number of anilines is 3. The van der Waals surface area contributed by atoms with Crippen molar-refractivity contribution in [2.45, 2.75) is 63.1 Å². The number of aliphatic hydroxyl groups excluding tert-OH is 1. The summed E-state index contributed by atoms with van der Waals surface area (Å²) >= 11 is 12.2. The Bertz CT molecular complexity index is 1240. The number of fused-ring (bicyclic) bond motifs is 1. The Kier molecular flexibility index (Phi) is 6.69. The van der Waals surface area contributed by atoms with Gasteiger partial charge >= 0.3 is 0 Å². The molecule has 5 rings (SSSR count). The third-order valence-electron chi connectivity index (χ3n) is 6.93. The number of carbonyl (C=O) groups excluding carboxylic acids is 1. The van der Waals surface area contributed by atoms with E-state index in [1.54, 1.807) is 6.20 Å². The number of amides is 1. The van der Waals surface area contributed by atoms with Crippen LogP contribution in [0.5, 0.6) is 0 Å². The molecule has 35 heavy (non-hydrogen) atoms. The van der Waals surface area contributed by atoms with Crippen LogP contribution in [-0.4, -0.2) is 42.7 Å². The molecule has 5 N–H and O–H groups in total. The van der Waals surface area contributed by atoms with E-state index >= 15 is 0 Å². The molecule has 2 aliphatic rings. The van der Waals surface area contributed by atoms with Crippen LogP contribution in [-0.2, 0) is 4.79 Å². The molecule has 2 aliphatic carbocycles. The van der Waals surface area contributed by atoms with Crippen LogP contribution in [0.15, 0.2) is 18.3 Å². The molecule has 9 nitrogen and oxygen atoms in total. The fraction of sp³-hybridized carbons (Fsp3) is 0.478. The van der Waals surface area contributed by atoms with Crippen LogP contribution >= 0.6 is 23.2 Å². The van der Waals surface area contributed by atoms with Crippen molar-refractivity contribution in [3.63, 3.8) is 0 Å². The van der Waals surface area contributed by atoms with Crippen molar-refractivity contribution < 1.29 is 14.3 Å². The van der Waals surface area contributed by atoms with Gasteiger partial charge in [0.1, 0.15) is 11.3 Å². The molecule has 1 aromatic carbocycles. The topological polar surface area (TPSA) is 131 Å². The van der Waals surface area contributed by atoms with Crippen molar-refractivity contribution in [2.24, 2.45) is 11.7 Å². The fourth-order valence-electron chi connectivity index (χ4n) is 5.06. The molecule has 0 aliphatic heterocycles. The Morgan fingerprint density at radius 3 is 2.57 bits per heavy atom. The van der Waals surface area contributed by atoms with E-state index in [1.807, 2.05) is 4.57 Å². The van der Waals surface area contributed by atoms with Crippen molar-refractivity contribution in [3.05, 3.63) is 34.2 Å². The average molecular weight is 522 g/mol. The Balaban J connectivity index is 1.54. The van der Waals surface area contributed by atoms with E-state index in [0.717, 1.165) is 19.3 Å². The van der Waals surface area contributed by atoms with Crippen molar-refractivity contribution >= 4 is 57.9 Å². The number of nitrogens with one attached hydrogen (secondary N) is 2. The van der Waals surface area contributed by atoms with Gasteiger partial charge in [0.15, 0.2) is 5.65 Å². The molecule has 0 spiro atoms. The first kappa shape index (κ1) is 24.0. The number of nitrogens with zero attached hydrogens (tertiary/aromatic N) is 4. The molecule has 186 valence electrons. The van der Waals surface area contributed by atoms with Crippen LogP contribution in [0.4, 0.5) is 22.0 Å². The van der Waals surface area contributed by atoms with Crippen LogP contribution in [0.1, 0.15) is 51.0 Å². The van der Waals surface area contributed by atoms with E-state index in [2.05, 4.69) is 20.6 Å². The van der Waals surface area contributed by atoms with Crippen LogP contribution in [0.2, 0.25) is 10.0 Å². The third kappa shape index (κ3) is 4.87. The molecule has 0 unspecified atom stereocenters. The molecule has 2 heterocycles. The number of hydrogen-bond donors (Lipinski definition) is 4. The highest BCUT2D eigenvalue weighted by molar-refractivity contribution is 6.36. The highest BCUT2D eigenvalue weighted by atomic mass is 35.5. The summed E-state index contributed by atoms with van der Waals surface area (Å²) in [6.45, 7) is 0. The zero-order valence-electron chi connectivity index (χ0n) is 18.8. The van der Waals surface area contributed by atoms with Gasteiger partial charge in [-0.15, -0.1) is 0 Å². The lowest BCUT2D eigenvalue weighted by molar-refractivity contribution is -0.122. The Morgan fingerprint density at radius 1 is 1.14 bits per heavy atom. The van der Waals surface area contributed by atoms with Crippen LogP contribution < -0.4 is 16.4 Å². The smallest absolute Gasteiger partial charge is 0.225 e. The number of benzene rings is 1. The number of aromatic nitrogens is 4. The van der Waals surface area contributed by atoms with Gasteiger partial charge in [0.05, 0.1) is 29.1 Å². The lowest BCUT2D eigenvalue weighted by Crippen LogP contribution is -2.29. The van der Waals surface area contributed by atoms with Crippen molar-refractivity contribution in [1.29, 1.82) is 0 Å². The maximum atomic E-state index is 14.7. The number of carbonyl (C=O) groups is 1. The van der Waals surface area contributed by atoms with E-state index in [0.29, 0.717) is 48.7 Å². The highest BCUT2D eigenvalue weighted by Gasteiger charge is 2.30. The Labute approximate surface area is 211 Å². The van der Waals surface area contributed by atoms with E-state index < -0.39 is 11.9 Å². The number of aliphatic hydroxyl groups is 1. The summed E-state index contributed by atoms with van der Waals surface area (Å²) in [5.74, 6) is -0.328. The number of primary amides is 1. The summed E-state index contributed by atoms with van der Waals surface area (Å²) in [4.78, 5) is 25.4. The molecule has 12 heteroatoms. The summed E-state index contributed by atoms with van der Waals surface area (Å²) in [6, 6.07) is 2.46. The minimum atomic E-state index is -0.609. The van der Waals surface area contributed by atoms with Gasteiger partial charge in [-0.2, -0.15) is 4.98 Å². The predicted molar refractivity (Wildman–Crippen MR) is 132 cm³/mol. The predicted octanol–water partition coefficient (Wildman–Crippen LogP) is 4.56. The van der Waals surface area contributed by atoms with Crippen LogP contribution in [0.25, 0.3) is 11.2 Å². The normalized spacial score (nSPS) is 24.6. The second kappa shape index (κ2) is 9.75. The van der Waals surface area contributed by atoms with Gasteiger partial charge in [-0.05, 0) is 57.1 Å². The molecule has 0 saturated heterocycles. The van der Waals surface area contributed by atoms with Crippen molar-refractivity contribution in [2.75, 3.05) is 10.6 Å². The fourth-order valence-corrected chi connectivity index (χ4v) is 5.58. The van der Waals surface area contributed by atoms with Gasteiger partial charge < -0.3 is 21.5 Å². The minimum absolute atomic E-state index is 0.0490. The molecule has 3 aromatic rings. The number of imidazole rings is 1. The zero-order chi connectivity index (χ0) is 24.7.